The third-order valence-electron chi connectivity index (χ3n) is 5.99. The van der Waals surface area contributed by atoms with E-state index in [0.29, 0.717) is 25.2 Å². The Kier molecular flexibility index (Phi) is 7.55. The van der Waals surface area contributed by atoms with Crippen LogP contribution in [0.5, 0.6) is 0 Å². The molecule has 2 amide bonds. The standard InChI is InChI=1S/C28H29N3O4/c1-19(32)30-15-21-7-10-26(24-12-22(13-27(33)34)14-29-16-24)25(11-21)18-31(28(35)23-8-9-23)17-20-5-3-2-4-6-20/h2-7,10-12,14,16,23H,8-9,13,15,17-18H2,1H3,(H,30,32)(H,33,34). The first-order valence-electron chi connectivity index (χ1n) is 11.7. The largest absolute Gasteiger partial charge is 0.481 e. The third-order valence-corrected chi connectivity index (χ3v) is 5.99. The first kappa shape index (κ1) is 24.1. The summed E-state index contributed by atoms with van der Waals surface area (Å²) >= 11 is 0. The molecule has 1 saturated carbocycles. The summed E-state index contributed by atoms with van der Waals surface area (Å²) < 4.78 is 0. The lowest BCUT2D eigenvalue weighted by Gasteiger charge is -2.25. The Morgan fingerprint density at radius 3 is 2.43 bits per heavy atom. The number of hydrogen-bond donors (Lipinski definition) is 2. The van der Waals surface area contributed by atoms with E-state index in [4.69, 9.17) is 0 Å². The molecule has 180 valence electrons. The number of amides is 2. The van der Waals surface area contributed by atoms with E-state index < -0.39 is 5.97 Å². The summed E-state index contributed by atoms with van der Waals surface area (Å²) in [5.41, 5.74) is 5.20. The summed E-state index contributed by atoms with van der Waals surface area (Å²) in [6.45, 7) is 2.76. The fourth-order valence-corrected chi connectivity index (χ4v) is 4.11. The second kappa shape index (κ2) is 11.0. The zero-order valence-corrected chi connectivity index (χ0v) is 19.7. The maximum absolute atomic E-state index is 13.2. The number of carboxylic acids is 1. The molecule has 0 unspecified atom stereocenters. The Hall–Kier alpha value is -4.00. The minimum absolute atomic E-state index is 0.0743. The molecule has 0 saturated heterocycles. The first-order chi connectivity index (χ1) is 16.9. The molecule has 0 bridgehead atoms. The van der Waals surface area contributed by atoms with Gasteiger partial charge in [-0.25, -0.2) is 0 Å². The van der Waals surface area contributed by atoms with Gasteiger partial charge >= 0.3 is 5.97 Å². The lowest BCUT2D eigenvalue weighted by molar-refractivity contribution is -0.136. The number of carbonyl (C=O) groups excluding carboxylic acids is 2. The van der Waals surface area contributed by atoms with Gasteiger partial charge in [-0.3, -0.25) is 19.4 Å². The monoisotopic (exact) mass is 471 g/mol. The number of nitrogens with one attached hydrogen (secondary N) is 1. The van der Waals surface area contributed by atoms with Crippen LogP contribution in [0.15, 0.2) is 67.0 Å². The molecule has 1 heterocycles. The van der Waals surface area contributed by atoms with Gasteiger partial charge in [0.1, 0.15) is 0 Å². The van der Waals surface area contributed by atoms with E-state index in [1.807, 2.05) is 59.5 Å². The number of carbonyl (C=O) groups is 3. The second-order valence-corrected chi connectivity index (χ2v) is 9.01. The van der Waals surface area contributed by atoms with Crippen LogP contribution in [0, 0.1) is 5.92 Å². The van der Waals surface area contributed by atoms with E-state index in [-0.39, 0.29) is 24.2 Å². The molecule has 1 aliphatic carbocycles. The van der Waals surface area contributed by atoms with Crippen molar-refractivity contribution >= 4 is 17.8 Å². The molecule has 1 aliphatic rings. The summed E-state index contributed by atoms with van der Waals surface area (Å²) in [6.07, 6.45) is 4.99. The molecule has 4 rings (SSSR count). The Balaban J connectivity index is 1.70. The summed E-state index contributed by atoms with van der Waals surface area (Å²) in [5.74, 6) is -0.815. The highest BCUT2D eigenvalue weighted by Gasteiger charge is 2.33. The van der Waals surface area contributed by atoms with Crippen molar-refractivity contribution in [3.63, 3.8) is 0 Å². The Morgan fingerprint density at radius 1 is 0.971 bits per heavy atom. The van der Waals surface area contributed by atoms with Gasteiger partial charge in [-0.05, 0) is 46.7 Å². The Labute approximate surface area is 204 Å². The van der Waals surface area contributed by atoms with Crippen molar-refractivity contribution in [2.75, 3.05) is 0 Å². The molecule has 1 fully saturated rings. The van der Waals surface area contributed by atoms with Gasteiger partial charge in [-0.1, -0.05) is 48.5 Å². The summed E-state index contributed by atoms with van der Waals surface area (Å²) in [7, 11) is 0. The van der Waals surface area contributed by atoms with E-state index in [1.165, 1.54) is 6.92 Å². The molecule has 35 heavy (non-hydrogen) atoms. The molecule has 2 aromatic carbocycles. The molecule has 0 aliphatic heterocycles. The van der Waals surface area contributed by atoms with Gasteiger partial charge in [0.2, 0.25) is 11.8 Å². The molecule has 0 atom stereocenters. The van der Waals surface area contributed by atoms with Gasteiger partial charge < -0.3 is 15.3 Å². The van der Waals surface area contributed by atoms with Crippen molar-refractivity contribution in [2.45, 2.75) is 45.8 Å². The molecule has 0 radical (unpaired) electrons. The van der Waals surface area contributed by atoms with Crippen LogP contribution in [0.3, 0.4) is 0 Å². The number of rotatable bonds is 10. The molecule has 2 N–H and O–H groups in total. The summed E-state index contributed by atoms with van der Waals surface area (Å²) in [5, 5.41) is 12.0. The fourth-order valence-electron chi connectivity index (χ4n) is 4.11. The molecule has 0 spiro atoms. The van der Waals surface area contributed by atoms with E-state index in [2.05, 4.69) is 10.3 Å². The average Bonchev–Trinajstić information content (AvgIpc) is 3.68. The van der Waals surface area contributed by atoms with Crippen molar-refractivity contribution in [3.05, 3.63) is 89.2 Å². The van der Waals surface area contributed by atoms with Crippen molar-refractivity contribution in [1.29, 1.82) is 0 Å². The van der Waals surface area contributed by atoms with Crippen molar-refractivity contribution in [1.82, 2.24) is 15.2 Å². The average molecular weight is 472 g/mol. The molecule has 1 aromatic heterocycles. The van der Waals surface area contributed by atoms with E-state index in [0.717, 1.165) is 40.7 Å². The highest BCUT2D eigenvalue weighted by Crippen LogP contribution is 2.33. The quantitative estimate of drug-likeness (QED) is 0.466. The molecular formula is C28H29N3O4. The first-order valence-corrected chi connectivity index (χ1v) is 11.7. The molecular weight excluding hydrogens is 442 g/mol. The van der Waals surface area contributed by atoms with Gasteiger partial charge in [0.05, 0.1) is 6.42 Å². The molecule has 7 heteroatoms. The predicted octanol–water partition coefficient (Wildman–Crippen LogP) is 3.95. The number of carboxylic acid groups (broad SMARTS) is 1. The van der Waals surface area contributed by atoms with Gasteiger partial charge in [-0.15, -0.1) is 0 Å². The van der Waals surface area contributed by atoms with Gasteiger partial charge in [0.25, 0.3) is 0 Å². The summed E-state index contributed by atoms with van der Waals surface area (Å²) in [6, 6.07) is 17.6. The zero-order valence-electron chi connectivity index (χ0n) is 19.7. The Morgan fingerprint density at radius 2 is 1.74 bits per heavy atom. The topological polar surface area (TPSA) is 99.6 Å². The number of aliphatic carboxylic acids is 1. The van der Waals surface area contributed by atoms with Gasteiger partial charge in [-0.2, -0.15) is 0 Å². The van der Waals surface area contributed by atoms with Crippen LogP contribution >= 0.6 is 0 Å². The van der Waals surface area contributed by atoms with Gasteiger partial charge in [0.15, 0.2) is 0 Å². The number of pyridine rings is 1. The fraction of sp³-hybridized carbons (Fsp3) is 0.286. The normalized spacial score (nSPS) is 12.7. The van der Waals surface area contributed by atoms with Gasteiger partial charge in [0, 0.05) is 50.4 Å². The maximum atomic E-state index is 13.2. The number of hydrogen-bond acceptors (Lipinski definition) is 4. The van der Waals surface area contributed by atoms with Crippen molar-refractivity contribution < 1.29 is 19.5 Å². The highest BCUT2D eigenvalue weighted by molar-refractivity contribution is 5.81. The lowest BCUT2D eigenvalue weighted by Crippen LogP contribution is -2.31. The zero-order chi connectivity index (χ0) is 24.8. The predicted molar refractivity (Wildman–Crippen MR) is 132 cm³/mol. The van der Waals surface area contributed by atoms with Crippen LogP contribution in [0.4, 0.5) is 0 Å². The smallest absolute Gasteiger partial charge is 0.307 e. The molecule has 3 aromatic rings. The minimum atomic E-state index is -0.918. The maximum Gasteiger partial charge on any atom is 0.307 e. The van der Waals surface area contributed by atoms with E-state index >= 15 is 0 Å². The Bertz CT molecular complexity index is 1220. The van der Waals surface area contributed by atoms with Crippen LogP contribution in [-0.2, 0) is 40.4 Å². The van der Waals surface area contributed by atoms with Crippen LogP contribution in [-0.4, -0.2) is 32.8 Å². The highest BCUT2D eigenvalue weighted by atomic mass is 16.4. The summed E-state index contributed by atoms with van der Waals surface area (Å²) in [4.78, 5) is 42.0. The lowest BCUT2D eigenvalue weighted by atomic mass is 9.96. The number of nitrogens with zero attached hydrogens (tertiary/aromatic N) is 2. The van der Waals surface area contributed by atoms with Crippen LogP contribution in [0.2, 0.25) is 0 Å². The number of aromatic nitrogens is 1. The SMILES string of the molecule is CC(=O)NCc1ccc(-c2cncc(CC(=O)O)c2)c(CN(Cc2ccccc2)C(=O)C2CC2)c1. The molecule has 7 nitrogen and oxygen atoms in total. The second-order valence-electron chi connectivity index (χ2n) is 9.01. The van der Waals surface area contributed by atoms with E-state index in [9.17, 15) is 19.5 Å². The van der Waals surface area contributed by atoms with Crippen LogP contribution in [0.1, 0.15) is 42.0 Å². The number of benzene rings is 2. The van der Waals surface area contributed by atoms with Crippen molar-refractivity contribution in [2.24, 2.45) is 5.92 Å². The van der Waals surface area contributed by atoms with E-state index in [1.54, 1.807) is 12.4 Å². The van der Waals surface area contributed by atoms with Crippen LogP contribution < -0.4 is 5.32 Å². The van der Waals surface area contributed by atoms with Crippen LogP contribution in [0.25, 0.3) is 11.1 Å². The van der Waals surface area contributed by atoms with Crippen molar-refractivity contribution in [3.8, 4) is 11.1 Å². The minimum Gasteiger partial charge on any atom is -0.481 e. The third kappa shape index (κ3) is 6.76.